The molecule has 0 bridgehead atoms. The maximum atomic E-state index is 5.78. The van der Waals surface area contributed by atoms with Crippen LogP contribution in [-0.2, 0) is 13.0 Å². The smallest absolute Gasteiger partial charge is 0.140 e. The molecule has 0 aliphatic rings. The third-order valence-corrected chi connectivity index (χ3v) is 2.68. The van der Waals surface area contributed by atoms with Crippen LogP contribution >= 0.6 is 0 Å². The fourth-order valence-corrected chi connectivity index (χ4v) is 1.73. The van der Waals surface area contributed by atoms with E-state index in [-0.39, 0.29) is 0 Å². The van der Waals surface area contributed by atoms with Gasteiger partial charge in [0.05, 0.1) is 5.69 Å². The Labute approximate surface area is 107 Å². The molecule has 2 aromatic rings. The number of para-hydroxylation sites is 1. The Hall–Kier alpha value is -2.07. The van der Waals surface area contributed by atoms with Crippen molar-refractivity contribution in [3.8, 4) is 5.75 Å². The SMILES string of the molecule is CCc1ccccc1OCc1cccc(NN)n1. The number of rotatable bonds is 5. The third-order valence-electron chi connectivity index (χ3n) is 2.68. The fraction of sp³-hybridized carbons (Fsp3) is 0.214. The Kier molecular flexibility index (Phi) is 4.15. The minimum Gasteiger partial charge on any atom is -0.487 e. The van der Waals surface area contributed by atoms with Crippen molar-refractivity contribution in [2.75, 3.05) is 5.43 Å². The molecule has 1 aromatic heterocycles. The van der Waals surface area contributed by atoms with Crippen molar-refractivity contribution >= 4 is 5.82 Å². The van der Waals surface area contributed by atoms with Gasteiger partial charge in [0, 0.05) is 0 Å². The van der Waals surface area contributed by atoms with E-state index in [0.717, 1.165) is 17.9 Å². The summed E-state index contributed by atoms with van der Waals surface area (Å²) in [6.07, 6.45) is 0.952. The highest BCUT2D eigenvalue weighted by Gasteiger charge is 2.02. The van der Waals surface area contributed by atoms with Gasteiger partial charge in [-0.15, -0.1) is 0 Å². The number of hydrazine groups is 1. The van der Waals surface area contributed by atoms with Gasteiger partial charge in [0.2, 0.25) is 0 Å². The number of nitrogens with zero attached hydrogens (tertiary/aromatic N) is 1. The van der Waals surface area contributed by atoms with E-state index in [9.17, 15) is 0 Å². The first kappa shape index (κ1) is 12.4. The van der Waals surface area contributed by atoms with E-state index >= 15 is 0 Å². The number of ether oxygens (including phenoxy) is 1. The van der Waals surface area contributed by atoms with Crippen molar-refractivity contribution in [1.29, 1.82) is 0 Å². The average Bonchev–Trinajstić information content (AvgIpc) is 2.45. The summed E-state index contributed by atoms with van der Waals surface area (Å²) in [6, 6.07) is 13.7. The van der Waals surface area contributed by atoms with E-state index in [4.69, 9.17) is 10.6 Å². The maximum Gasteiger partial charge on any atom is 0.140 e. The number of nitrogens with two attached hydrogens (primary N) is 1. The molecular formula is C14H17N3O. The van der Waals surface area contributed by atoms with Gasteiger partial charge >= 0.3 is 0 Å². The van der Waals surface area contributed by atoms with Gasteiger partial charge in [0.15, 0.2) is 0 Å². The average molecular weight is 243 g/mol. The summed E-state index contributed by atoms with van der Waals surface area (Å²) >= 11 is 0. The van der Waals surface area contributed by atoms with E-state index in [0.29, 0.717) is 12.4 Å². The quantitative estimate of drug-likeness (QED) is 0.625. The van der Waals surface area contributed by atoms with Crippen LogP contribution in [0.2, 0.25) is 0 Å². The van der Waals surface area contributed by atoms with Crippen molar-refractivity contribution in [2.24, 2.45) is 5.84 Å². The molecule has 4 nitrogen and oxygen atoms in total. The maximum absolute atomic E-state index is 5.78. The molecule has 0 saturated heterocycles. The summed E-state index contributed by atoms with van der Waals surface area (Å²) in [5, 5.41) is 0. The van der Waals surface area contributed by atoms with E-state index in [1.807, 2.05) is 36.4 Å². The number of anilines is 1. The Balaban J connectivity index is 2.06. The lowest BCUT2D eigenvalue weighted by atomic mass is 10.1. The number of pyridine rings is 1. The molecule has 1 heterocycles. The first-order valence-corrected chi connectivity index (χ1v) is 5.96. The lowest BCUT2D eigenvalue weighted by Crippen LogP contribution is -2.10. The molecular weight excluding hydrogens is 226 g/mol. The molecule has 0 aliphatic carbocycles. The largest absolute Gasteiger partial charge is 0.487 e. The summed E-state index contributed by atoms with van der Waals surface area (Å²) < 4.78 is 5.78. The topological polar surface area (TPSA) is 60.2 Å². The number of aromatic nitrogens is 1. The zero-order chi connectivity index (χ0) is 12.8. The van der Waals surface area contributed by atoms with E-state index in [1.54, 1.807) is 0 Å². The second kappa shape index (κ2) is 6.02. The molecule has 4 heteroatoms. The standard InChI is InChI=1S/C14H17N3O/c1-2-11-6-3-4-8-13(11)18-10-12-7-5-9-14(16-12)17-15/h3-9H,2,10,15H2,1H3,(H,16,17). The summed E-state index contributed by atoms with van der Waals surface area (Å²) in [4.78, 5) is 4.30. The normalized spacial score (nSPS) is 10.1. The monoisotopic (exact) mass is 243 g/mol. The number of nitrogens with one attached hydrogen (secondary N) is 1. The first-order chi connectivity index (χ1) is 8.83. The van der Waals surface area contributed by atoms with E-state index in [1.165, 1.54) is 5.56 Å². The zero-order valence-electron chi connectivity index (χ0n) is 10.4. The molecule has 0 saturated carbocycles. The van der Waals surface area contributed by atoms with Crippen LogP contribution in [0.4, 0.5) is 5.82 Å². The minimum absolute atomic E-state index is 0.437. The molecule has 18 heavy (non-hydrogen) atoms. The van der Waals surface area contributed by atoms with Crippen LogP contribution in [0.1, 0.15) is 18.2 Å². The van der Waals surface area contributed by atoms with Crippen LogP contribution in [0, 0.1) is 0 Å². The van der Waals surface area contributed by atoms with Gasteiger partial charge in [-0.2, -0.15) is 0 Å². The van der Waals surface area contributed by atoms with Crippen molar-refractivity contribution in [2.45, 2.75) is 20.0 Å². The number of hydrogen-bond donors (Lipinski definition) is 2. The second-order valence-electron chi connectivity index (χ2n) is 3.91. The predicted molar refractivity (Wildman–Crippen MR) is 72.2 cm³/mol. The Morgan fingerprint density at radius 2 is 2.00 bits per heavy atom. The highest BCUT2D eigenvalue weighted by atomic mass is 16.5. The van der Waals surface area contributed by atoms with Crippen LogP contribution in [0.15, 0.2) is 42.5 Å². The molecule has 0 spiro atoms. The van der Waals surface area contributed by atoms with Crippen LogP contribution < -0.4 is 16.0 Å². The molecule has 0 radical (unpaired) electrons. The lowest BCUT2D eigenvalue weighted by Gasteiger charge is -2.10. The number of aryl methyl sites for hydroxylation is 1. The summed E-state index contributed by atoms with van der Waals surface area (Å²) in [7, 11) is 0. The van der Waals surface area contributed by atoms with Crippen molar-refractivity contribution in [3.05, 3.63) is 53.7 Å². The number of nitrogen functional groups attached to an aromatic ring is 1. The Morgan fingerprint density at radius 1 is 1.17 bits per heavy atom. The van der Waals surface area contributed by atoms with Gasteiger partial charge < -0.3 is 10.2 Å². The molecule has 2 rings (SSSR count). The highest BCUT2D eigenvalue weighted by Crippen LogP contribution is 2.19. The second-order valence-corrected chi connectivity index (χ2v) is 3.91. The van der Waals surface area contributed by atoms with E-state index < -0.39 is 0 Å². The lowest BCUT2D eigenvalue weighted by molar-refractivity contribution is 0.298. The minimum atomic E-state index is 0.437. The first-order valence-electron chi connectivity index (χ1n) is 5.96. The van der Waals surface area contributed by atoms with Gasteiger partial charge in [-0.3, -0.25) is 0 Å². The summed E-state index contributed by atoms with van der Waals surface area (Å²) in [5.74, 6) is 6.87. The van der Waals surface area contributed by atoms with Gasteiger partial charge in [-0.1, -0.05) is 31.2 Å². The van der Waals surface area contributed by atoms with Gasteiger partial charge in [-0.25, -0.2) is 10.8 Å². The fourth-order valence-electron chi connectivity index (χ4n) is 1.73. The Morgan fingerprint density at radius 3 is 2.78 bits per heavy atom. The molecule has 0 atom stereocenters. The van der Waals surface area contributed by atoms with Crippen LogP contribution in [0.25, 0.3) is 0 Å². The van der Waals surface area contributed by atoms with Crippen LogP contribution in [-0.4, -0.2) is 4.98 Å². The highest BCUT2D eigenvalue weighted by molar-refractivity contribution is 5.35. The van der Waals surface area contributed by atoms with Gasteiger partial charge in [-0.05, 0) is 30.2 Å². The molecule has 0 unspecified atom stereocenters. The van der Waals surface area contributed by atoms with Gasteiger partial charge in [0.1, 0.15) is 18.2 Å². The Bertz CT molecular complexity index is 514. The van der Waals surface area contributed by atoms with E-state index in [2.05, 4.69) is 23.4 Å². The summed E-state index contributed by atoms with van der Waals surface area (Å²) in [5.41, 5.74) is 4.56. The van der Waals surface area contributed by atoms with Gasteiger partial charge in [0.25, 0.3) is 0 Å². The molecule has 1 aromatic carbocycles. The van der Waals surface area contributed by atoms with Crippen molar-refractivity contribution < 1.29 is 4.74 Å². The number of benzene rings is 1. The van der Waals surface area contributed by atoms with Crippen LogP contribution in [0.5, 0.6) is 5.75 Å². The predicted octanol–water partition coefficient (Wildman–Crippen LogP) is 2.51. The molecule has 94 valence electrons. The van der Waals surface area contributed by atoms with Crippen molar-refractivity contribution in [1.82, 2.24) is 4.98 Å². The van der Waals surface area contributed by atoms with Crippen molar-refractivity contribution in [3.63, 3.8) is 0 Å². The molecule has 0 aliphatic heterocycles. The molecule has 0 fully saturated rings. The van der Waals surface area contributed by atoms with Crippen LogP contribution in [0.3, 0.4) is 0 Å². The summed E-state index contributed by atoms with van der Waals surface area (Å²) in [6.45, 7) is 2.55. The molecule has 3 N–H and O–H groups in total. The molecule has 0 amide bonds. The zero-order valence-corrected chi connectivity index (χ0v) is 10.4. The third kappa shape index (κ3) is 2.99. The number of hydrogen-bond acceptors (Lipinski definition) is 4.